The Hall–Kier alpha value is -0.860. The molecule has 2 heteroatoms. The second kappa shape index (κ2) is 4.98. The Morgan fingerprint density at radius 3 is 3.00 bits per heavy atom. The number of fused-ring (bicyclic) bond motifs is 1. The van der Waals surface area contributed by atoms with E-state index >= 15 is 0 Å². The maximum atomic E-state index is 5.57. The molecule has 16 heavy (non-hydrogen) atoms. The largest absolute Gasteiger partial charge is 0.330 e. The van der Waals surface area contributed by atoms with E-state index in [2.05, 4.69) is 37.1 Å². The molecule has 1 aliphatic rings. The summed E-state index contributed by atoms with van der Waals surface area (Å²) in [6.07, 6.45) is 3.58. The minimum absolute atomic E-state index is 0.612. The van der Waals surface area contributed by atoms with Crippen LogP contribution in [0.15, 0.2) is 18.2 Å². The maximum absolute atomic E-state index is 5.57. The Morgan fingerprint density at radius 1 is 1.44 bits per heavy atom. The van der Waals surface area contributed by atoms with E-state index in [9.17, 15) is 0 Å². The lowest BCUT2D eigenvalue weighted by Crippen LogP contribution is -2.25. The van der Waals surface area contributed by atoms with E-state index in [4.69, 9.17) is 5.73 Å². The van der Waals surface area contributed by atoms with Gasteiger partial charge in [-0.05, 0) is 57.5 Å². The lowest BCUT2D eigenvalue weighted by Gasteiger charge is -2.25. The van der Waals surface area contributed by atoms with Gasteiger partial charge in [-0.25, -0.2) is 0 Å². The van der Waals surface area contributed by atoms with Crippen LogP contribution in [0.25, 0.3) is 0 Å². The second-order valence-electron chi connectivity index (χ2n) is 4.88. The molecule has 1 aliphatic carbocycles. The zero-order valence-corrected chi connectivity index (χ0v) is 10.4. The number of hydrogen-bond donors (Lipinski definition) is 1. The fourth-order valence-electron chi connectivity index (χ4n) is 2.65. The Bertz CT molecular complexity index is 360. The van der Waals surface area contributed by atoms with Crippen molar-refractivity contribution >= 4 is 0 Å². The van der Waals surface area contributed by atoms with Gasteiger partial charge in [0.25, 0.3) is 0 Å². The van der Waals surface area contributed by atoms with Gasteiger partial charge in [-0.1, -0.05) is 23.8 Å². The van der Waals surface area contributed by atoms with Gasteiger partial charge in [-0.2, -0.15) is 0 Å². The molecule has 0 spiro atoms. The number of hydrogen-bond acceptors (Lipinski definition) is 2. The first-order valence-corrected chi connectivity index (χ1v) is 6.22. The number of nitrogens with zero attached hydrogens (tertiary/aromatic N) is 1. The third kappa shape index (κ3) is 2.28. The molecule has 0 saturated carbocycles. The van der Waals surface area contributed by atoms with Crippen molar-refractivity contribution in [2.75, 3.05) is 20.1 Å². The van der Waals surface area contributed by atoms with Gasteiger partial charge < -0.3 is 5.73 Å². The SMILES string of the molecule is Cc1ccc2c(c1)C(N(C)CCCN)CC2. The highest BCUT2D eigenvalue weighted by molar-refractivity contribution is 5.37. The van der Waals surface area contributed by atoms with Crippen LogP contribution in [0.3, 0.4) is 0 Å². The van der Waals surface area contributed by atoms with Crippen molar-refractivity contribution in [3.05, 3.63) is 34.9 Å². The van der Waals surface area contributed by atoms with Gasteiger partial charge >= 0.3 is 0 Å². The van der Waals surface area contributed by atoms with Crippen molar-refractivity contribution in [2.45, 2.75) is 32.2 Å². The van der Waals surface area contributed by atoms with Crippen molar-refractivity contribution in [2.24, 2.45) is 5.73 Å². The van der Waals surface area contributed by atoms with Crippen LogP contribution in [0.4, 0.5) is 0 Å². The van der Waals surface area contributed by atoms with Crippen molar-refractivity contribution < 1.29 is 0 Å². The van der Waals surface area contributed by atoms with E-state index in [1.165, 1.54) is 24.0 Å². The molecule has 1 unspecified atom stereocenters. The monoisotopic (exact) mass is 218 g/mol. The molecule has 1 aromatic carbocycles. The molecule has 88 valence electrons. The smallest absolute Gasteiger partial charge is 0.0351 e. The fraction of sp³-hybridized carbons (Fsp3) is 0.571. The van der Waals surface area contributed by atoms with Gasteiger partial charge in [-0.3, -0.25) is 4.90 Å². The van der Waals surface area contributed by atoms with Crippen LogP contribution in [0.1, 0.15) is 35.6 Å². The molecule has 0 aromatic heterocycles. The Kier molecular flexibility index (Phi) is 3.62. The average molecular weight is 218 g/mol. The molecule has 2 rings (SSSR count). The Morgan fingerprint density at radius 2 is 2.25 bits per heavy atom. The van der Waals surface area contributed by atoms with Crippen LogP contribution in [-0.2, 0) is 6.42 Å². The van der Waals surface area contributed by atoms with Crippen molar-refractivity contribution in [3.8, 4) is 0 Å². The van der Waals surface area contributed by atoms with Crippen molar-refractivity contribution in [1.82, 2.24) is 4.90 Å². The molecule has 0 heterocycles. The number of rotatable bonds is 4. The van der Waals surface area contributed by atoms with Gasteiger partial charge in [0.1, 0.15) is 0 Å². The van der Waals surface area contributed by atoms with E-state index in [1.54, 1.807) is 5.56 Å². The zero-order chi connectivity index (χ0) is 11.5. The molecule has 0 saturated heterocycles. The number of benzene rings is 1. The third-order valence-corrected chi connectivity index (χ3v) is 3.59. The molecule has 0 fully saturated rings. The van der Waals surface area contributed by atoms with Crippen LogP contribution in [-0.4, -0.2) is 25.0 Å². The molecule has 1 aromatic rings. The van der Waals surface area contributed by atoms with Crippen LogP contribution in [0.5, 0.6) is 0 Å². The van der Waals surface area contributed by atoms with Gasteiger partial charge in [0.2, 0.25) is 0 Å². The summed E-state index contributed by atoms with van der Waals surface area (Å²) in [5.74, 6) is 0. The predicted octanol–water partition coefficient (Wildman–Crippen LogP) is 2.26. The highest BCUT2D eigenvalue weighted by Crippen LogP contribution is 2.35. The number of aryl methyl sites for hydroxylation is 2. The van der Waals surface area contributed by atoms with Crippen LogP contribution >= 0.6 is 0 Å². The van der Waals surface area contributed by atoms with E-state index in [1.807, 2.05) is 0 Å². The first-order valence-electron chi connectivity index (χ1n) is 6.22. The molecule has 0 aliphatic heterocycles. The molecule has 0 amide bonds. The van der Waals surface area contributed by atoms with Crippen molar-refractivity contribution in [3.63, 3.8) is 0 Å². The lowest BCUT2D eigenvalue weighted by molar-refractivity contribution is 0.243. The third-order valence-electron chi connectivity index (χ3n) is 3.59. The molecule has 0 radical (unpaired) electrons. The molecular formula is C14H22N2. The topological polar surface area (TPSA) is 29.3 Å². The normalized spacial score (nSPS) is 19.1. The van der Waals surface area contributed by atoms with Crippen molar-refractivity contribution in [1.29, 1.82) is 0 Å². The van der Waals surface area contributed by atoms with Crippen LogP contribution < -0.4 is 5.73 Å². The average Bonchev–Trinajstić information content (AvgIpc) is 2.68. The van der Waals surface area contributed by atoms with Crippen LogP contribution in [0.2, 0.25) is 0 Å². The van der Waals surface area contributed by atoms with Gasteiger partial charge in [-0.15, -0.1) is 0 Å². The minimum Gasteiger partial charge on any atom is -0.330 e. The van der Waals surface area contributed by atoms with Gasteiger partial charge in [0, 0.05) is 6.04 Å². The standard InChI is InChI=1S/C14H22N2/c1-11-4-5-12-6-7-14(13(12)10-11)16(2)9-3-8-15/h4-5,10,14H,3,6-9,15H2,1-2H3. The van der Waals surface area contributed by atoms with E-state index in [0.29, 0.717) is 6.04 Å². The summed E-state index contributed by atoms with van der Waals surface area (Å²) in [4.78, 5) is 2.46. The van der Waals surface area contributed by atoms with E-state index < -0.39 is 0 Å². The number of nitrogens with two attached hydrogens (primary N) is 1. The zero-order valence-electron chi connectivity index (χ0n) is 10.4. The first-order chi connectivity index (χ1) is 7.72. The maximum Gasteiger partial charge on any atom is 0.0351 e. The lowest BCUT2D eigenvalue weighted by atomic mass is 10.0. The van der Waals surface area contributed by atoms with Gasteiger partial charge in [0.05, 0.1) is 0 Å². The molecule has 2 N–H and O–H groups in total. The summed E-state index contributed by atoms with van der Waals surface area (Å²) >= 11 is 0. The summed E-state index contributed by atoms with van der Waals surface area (Å²) in [6, 6.07) is 7.48. The Labute approximate surface area is 98.4 Å². The summed E-state index contributed by atoms with van der Waals surface area (Å²) in [7, 11) is 2.22. The molecule has 1 atom stereocenters. The van der Waals surface area contributed by atoms with E-state index in [0.717, 1.165) is 19.5 Å². The first kappa shape index (κ1) is 11.6. The predicted molar refractivity (Wildman–Crippen MR) is 68.5 cm³/mol. The highest BCUT2D eigenvalue weighted by atomic mass is 15.1. The summed E-state index contributed by atoms with van der Waals surface area (Å²) in [6.45, 7) is 4.07. The molecule has 0 bridgehead atoms. The minimum atomic E-state index is 0.612. The Balaban J connectivity index is 2.12. The summed E-state index contributed by atoms with van der Waals surface area (Å²) < 4.78 is 0. The quantitative estimate of drug-likeness (QED) is 0.840. The molecular weight excluding hydrogens is 196 g/mol. The fourth-order valence-corrected chi connectivity index (χ4v) is 2.65. The van der Waals surface area contributed by atoms with Crippen LogP contribution in [0, 0.1) is 6.92 Å². The molecule has 2 nitrogen and oxygen atoms in total. The summed E-state index contributed by atoms with van der Waals surface area (Å²) in [5, 5.41) is 0. The van der Waals surface area contributed by atoms with E-state index in [-0.39, 0.29) is 0 Å². The second-order valence-corrected chi connectivity index (χ2v) is 4.88. The summed E-state index contributed by atoms with van der Waals surface area (Å²) in [5.41, 5.74) is 10.0. The highest BCUT2D eigenvalue weighted by Gasteiger charge is 2.25. The van der Waals surface area contributed by atoms with Gasteiger partial charge in [0.15, 0.2) is 0 Å².